The minimum atomic E-state index is -1.13. The number of nitrogen functional groups attached to an aromatic ring is 1. The highest BCUT2D eigenvalue weighted by molar-refractivity contribution is 6.41. The number of aryl methyl sites for hydroxylation is 1. The average molecular weight is 330 g/mol. The highest BCUT2D eigenvalue weighted by Crippen LogP contribution is 2.25. The van der Waals surface area contributed by atoms with Gasteiger partial charge in [0.05, 0.1) is 17.7 Å². The standard InChI is InChI=1S/C11H14ClNO2.C4H11BO2/c1-3-4-7-5-8(11(14)15-2)9(12)6-10(7)13;1-4(2)3-5(6)7/h5-6H,3-4,13H2,1-2H3;4,6-7H,3H2,1-2H3. The molecule has 0 radical (unpaired) electrons. The van der Waals surface area contributed by atoms with Gasteiger partial charge in [-0.25, -0.2) is 4.79 Å². The van der Waals surface area contributed by atoms with Crippen LogP contribution in [0.25, 0.3) is 0 Å². The first-order valence-corrected chi connectivity index (χ1v) is 7.63. The van der Waals surface area contributed by atoms with Gasteiger partial charge in [-0.2, -0.15) is 0 Å². The number of hydrogen-bond donors (Lipinski definition) is 3. The monoisotopic (exact) mass is 329 g/mol. The van der Waals surface area contributed by atoms with Gasteiger partial charge in [-0.3, -0.25) is 0 Å². The van der Waals surface area contributed by atoms with E-state index in [2.05, 4.69) is 4.74 Å². The van der Waals surface area contributed by atoms with Crippen molar-refractivity contribution in [3.05, 3.63) is 28.3 Å². The lowest BCUT2D eigenvalue weighted by Gasteiger charge is -2.08. The third-order valence-corrected chi connectivity index (χ3v) is 3.15. The van der Waals surface area contributed by atoms with Crippen molar-refractivity contribution in [2.45, 2.75) is 39.9 Å². The molecule has 0 aliphatic carbocycles. The second-order valence-electron chi connectivity index (χ2n) is 5.38. The van der Waals surface area contributed by atoms with Crippen molar-refractivity contribution in [2.75, 3.05) is 12.8 Å². The fraction of sp³-hybridized carbons (Fsp3) is 0.533. The zero-order chi connectivity index (χ0) is 17.3. The molecule has 1 aromatic carbocycles. The molecule has 4 N–H and O–H groups in total. The van der Waals surface area contributed by atoms with Crippen LogP contribution in [0.3, 0.4) is 0 Å². The lowest BCUT2D eigenvalue weighted by Crippen LogP contribution is -2.12. The van der Waals surface area contributed by atoms with Crippen LogP contribution in [0.1, 0.15) is 43.1 Å². The molecule has 1 rings (SSSR count). The summed E-state index contributed by atoms with van der Waals surface area (Å²) in [7, 11) is 0.203. The van der Waals surface area contributed by atoms with Crippen LogP contribution in [0.4, 0.5) is 5.69 Å². The topological polar surface area (TPSA) is 92.8 Å². The molecule has 0 bridgehead atoms. The van der Waals surface area contributed by atoms with E-state index in [9.17, 15) is 4.79 Å². The van der Waals surface area contributed by atoms with E-state index in [1.54, 1.807) is 12.1 Å². The molecule has 0 saturated carbocycles. The molecule has 0 spiro atoms. The van der Waals surface area contributed by atoms with Gasteiger partial charge < -0.3 is 20.5 Å². The summed E-state index contributed by atoms with van der Waals surface area (Å²) in [6.07, 6.45) is 2.26. The number of carbonyl (C=O) groups is 1. The summed E-state index contributed by atoms with van der Waals surface area (Å²) in [4.78, 5) is 11.4. The maximum Gasteiger partial charge on any atom is 0.451 e. The Morgan fingerprint density at radius 3 is 2.36 bits per heavy atom. The van der Waals surface area contributed by atoms with Crippen LogP contribution in [-0.2, 0) is 11.2 Å². The van der Waals surface area contributed by atoms with Crippen molar-refractivity contribution < 1.29 is 19.6 Å². The van der Waals surface area contributed by atoms with Gasteiger partial charge in [0.15, 0.2) is 0 Å². The van der Waals surface area contributed by atoms with E-state index >= 15 is 0 Å². The second-order valence-corrected chi connectivity index (χ2v) is 5.79. The molecule has 0 aliphatic rings. The molecule has 1 aromatic rings. The highest BCUT2D eigenvalue weighted by atomic mass is 35.5. The maximum absolute atomic E-state index is 11.4. The Morgan fingerprint density at radius 1 is 1.41 bits per heavy atom. The van der Waals surface area contributed by atoms with Gasteiger partial charge in [-0.1, -0.05) is 38.8 Å². The van der Waals surface area contributed by atoms with Crippen molar-refractivity contribution in [3.8, 4) is 0 Å². The van der Waals surface area contributed by atoms with E-state index in [1.165, 1.54) is 7.11 Å². The molecule has 0 aliphatic heterocycles. The summed E-state index contributed by atoms with van der Waals surface area (Å²) in [6, 6.07) is 3.30. The maximum atomic E-state index is 11.4. The summed E-state index contributed by atoms with van der Waals surface area (Å²) in [6.45, 7) is 5.94. The number of hydrogen-bond acceptors (Lipinski definition) is 5. The van der Waals surface area contributed by atoms with E-state index in [-0.39, 0.29) is 0 Å². The summed E-state index contributed by atoms with van der Waals surface area (Å²) >= 11 is 5.89. The Morgan fingerprint density at radius 2 is 2.00 bits per heavy atom. The molecule has 0 unspecified atom stereocenters. The third-order valence-electron chi connectivity index (χ3n) is 2.84. The molecular weight excluding hydrogens is 304 g/mol. The lowest BCUT2D eigenvalue weighted by atomic mass is 9.80. The predicted octanol–water partition coefficient (Wildman–Crippen LogP) is 2.78. The smallest absolute Gasteiger partial charge is 0.451 e. The van der Waals surface area contributed by atoms with Crippen molar-refractivity contribution in [1.82, 2.24) is 0 Å². The Balaban J connectivity index is 0.000000534. The molecule has 0 amide bonds. The number of methoxy groups -OCH3 is 1. The summed E-state index contributed by atoms with van der Waals surface area (Å²) < 4.78 is 4.63. The minimum Gasteiger partial charge on any atom is -0.465 e. The molecule has 7 heteroatoms. The molecule has 124 valence electrons. The van der Waals surface area contributed by atoms with Gasteiger partial charge in [0.25, 0.3) is 0 Å². The van der Waals surface area contributed by atoms with Crippen LogP contribution in [0, 0.1) is 5.92 Å². The molecular formula is C15H25BClNO4. The zero-order valence-electron chi connectivity index (χ0n) is 13.6. The van der Waals surface area contributed by atoms with Crippen molar-refractivity contribution >= 4 is 30.4 Å². The molecule has 22 heavy (non-hydrogen) atoms. The normalized spacial score (nSPS) is 10.0. The SMILES string of the molecule is CC(C)CB(O)O.CCCc1cc(C(=O)OC)c(Cl)cc1N. The predicted molar refractivity (Wildman–Crippen MR) is 91.0 cm³/mol. The van der Waals surface area contributed by atoms with Crippen LogP contribution in [0.5, 0.6) is 0 Å². The molecule has 0 aromatic heterocycles. The third kappa shape index (κ3) is 7.68. The van der Waals surface area contributed by atoms with Gasteiger partial charge in [0.1, 0.15) is 0 Å². The van der Waals surface area contributed by atoms with E-state index in [0.29, 0.717) is 28.5 Å². The van der Waals surface area contributed by atoms with Crippen LogP contribution >= 0.6 is 11.6 Å². The fourth-order valence-electron chi connectivity index (χ4n) is 1.81. The summed E-state index contributed by atoms with van der Waals surface area (Å²) in [5, 5.41) is 16.9. The van der Waals surface area contributed by atoms with Crippen LogP contribution in [0.15, 0.2) is 12.1 Å². The quantitative estimate of drug-likeness (QED) is 0.439. The molecule has 0 atom stereocenters. The van der Waals surface area contributed by atoms with Gasteiger partial charge in [0.2, 0.25) is 0 Å². The molecule has 0 saturated heterocycles. The van der Waals surface area contributed by atoms with Crippen LogP contribution < -0.4 is 5.73 Å². The first-order valence-electron chi connectivity index (χ1n) is 7.25. The zero-order valence-corrected chi connectivity index (χ0v) is 14.4. The van der Waals surface area contributed by atoms with Crippen molar-refractivity contribution in [2.24, 2.45) is 5.92 Å². The summed E-state index contributed by atoms with van der Waals surface area (Å²) in [5.41, 5.74) is 7.71. The van der Waals surface area contributed by atoms with E-state index in [4.69, 9.17) is 27.4 Å². The first kappa shape index (κ1) is 20.8. The Labute approximate surface area is 137 Å². The number of halogens is 1. The van der Waals surface area contributed by atoms with Crippen LogP contribution in [0.2, 0.25) is 11.3 Å². The number of carbonyl (C=O) groups excluding carboxylic acids is 1. The van der Waals surface area contributed by atoms with Gasteiger partial charge in [-0.15, -0.1) is 0 Å². The lowest BCUT2D eigenvalue weighted by molar-refractivity contribution is 0.0601. The van der Waals surface area contributed by atoms with Gasteiger partial charge in [-0.05, 0) is 36.4 Å². The van der Waals surface area contributed by atoms with E-state index in [1.807, 2.05) is 20.8 Å². The molecule has 0 fully saturated rings. The number of anilines is 1. The largest absolute Gasteiger partial charge is 0.465 e. The fourth-order valence-corrected chi connectivity index (χ4v) is 2.06. The summed E-state index contributed by atoms with van der Waals surface area (Å²) in [5.74, 6) is -0.0580. The minimum absolute atomic E-state index is 0.333. The second kappa shape index (κ2) is 10.5. The van der Waals surface area contributed by atoms with E-state index in [0.717, 1.165) is 18.4 Å². The molecule has 5 nitrogen and oxygen atoms in total. The van der Waals surface area contributed by atoms with Crippen LogP contribution in [-0.4, -0.2) is 30.2 Å². The Bertz CT molecular complexity index is 475. The number of ether oxygens (including phenoxy) is 1. The van der Waals surface area contributed by atoms with E-state index < -0.39 is 13.1 Å². The Hall–Kier alpha value is -1.24. The molecule has 0 heterocycles. The Kier molecular flexibility index (Phi) is 9.90. The number of rotatable bonds is 5. The van der Waals surface area contributed by atoms with Crippen molar-refractivity contribution in [1.29, 1.82) is 0 Å². The first-order chi connectivity index (χ1) is 10.2. The number of benzene rings is 1. The van der Waals surface area contributed by atoms with Gasteiger partial charge >= 0.3 is 13.1 Å². The number of nitrogens with two attached hydrogens (primary N) is 1. The average Bonchev–Trinajstić information content (AvgIpc) is 2.40. The van der Waals surface area contributed by atoms with Gasteiger partial charge in [0, 0.05) is 5.69 Å². The number of esters is 1. The van der Waals surface area contributed by atoms with Crippen molar-refractivity contribution in [3.63, 3.8) is 0 Å². The highest BCUT2D eigenvalue weighted by Gasteiger charge is 2.13.